The van der Waals surface area contributed by atoms with Crippen molar-refractivity contribution in [2.45, 2.75) is 19.3 Å². The number of nitrogens with zero attached hydrogens (tertiary/aromatic N) is 2. The molecule has 144 valence electrons. The van der Waals surface area contributed by atoms with E-state index in [1.807, 2.05) is 23.1 Å². The van der Waals surface area contributed by atoms with E-state index < -0.39 is 0 Å². The molecule has 1 aromatic heterocycles. The summed E-state index contributed by atoms with van der Waals surface area (Å²) >= 11 is 0. The number of fused-ring (bicyclic) bond motifs is 1. The smallest absolute Gasteiger partial charge is 0.246 e. The van der Waals surface area contributed by atoms with E-state index in [0.717, 1.165) is 30.0 Å². The standard InChI is InChI=1S/C21H21N3O4/c1-14(25)23-20-6-2-15(11-22-20)3-7-21(26)24-9-8-17(12-24)16-4-5-18-19(10-16)28-13-27-18/h2-7,10-11,17H,8-9,12-13H2,1H3,(H,22,23,25)/b7-3+. The fourth-order valence-corrected chi connectivity index (χ4v) is 3.43. The maximum absolute atomic E-state index is 12.5. The minimum absolute atomic E-state index is 0.0193. The zero-order valence-corrected chi connectivity index (χ0v) is 15.6. The van der Waals surface area contributed by atoms with Crippen molar-refractivity contribution in [1.29, 1.82) is 0 Å². The van der Waals surface area contributed by atoms with E-state index in [-0.39, 0.29) is 18.6 Å². The van der Waals surface area contributed by atoms with Crippen LogP contribution in [0.4, 0.5) is 5.82 Å². The van der Waals surface area contributed by atoms with Gasteiger partial charge in [0.05, 0.1) is 0 Å². The number of carbonyl (C=O) groups excluding carboxylic acids is 2. The van der Waals surface area contributed by atoms with Crippen LogP contribution in [0.5, 0.6) is 11.5 Å². The molecule has 2 amide bonds. The molecule has 1 aromatic carbocycles. The van der Waals surface area contributed by atoms with Crippen LogP contribution in [0.2, 0.25) is 0 Å². The topological polar surface area (TPSA) is 80.8 Å². The van der Waals surface area contributed by atoms with Crippen LogP contribution in [0.3, 0.4) is 0 Å². The van der Waals surface area contributed by atoms with Crippen LogP contribution in [0.25, 0.3) is 6.08 Å². The molecule has 7 nitrogen and oxygen atoms in total. The Labute approximate surface area is 163 Å². The van der Waals surface area contributed by atoms with Crippen molar-refractivity contribution in [3.05, 3.63) is 53.7 Å². The van der Waals surface area contributed by atoms with Crippen molar-refractivity contribution >= 4 is 23.7 Å². The Morgan fingerprint density at radius 2 is 2.07 bits per heavy atom. The summed E-state index contributed by atoms with van der Waals surface area (Å²) in [4.78, 5) is 29.5. The monoisotopic (exact) mass is 379 g/mol. The van der Waals surface area contributed by atoms with Crippen molar-refractivity contribution in [2.75, 3.05) is 25.2 Å². The van der Waals surface area contributed by atoms with E-state index in [0.29, 0.717) is 18.3 Å². The lowest BCUT2D eigenvalue weighted by Gasteiger charge is -2.15. The Balaban J connectivity index is 1.35. The van der Waals surface area contributed by atoms with Crippen LogP contribution < -0.4 is 14.8 Å². The third kappa shape index (κ3) is 3.98. The number of pyridine rings is 1. The molecule has 1 N–H and O–H groups in total. The maximum atomic E-state index is 12.5. The Kier molecular flexibility index (Phi) is 4.97. The van der Waals surface area contributed by atoms with Crippen molar-refractivity contribution in [3.63, 3.8) is 0 Å². The molecule has 0 radical (unpaired) electrons. The first-order valence-electron chi connectivity index (χ1n) is 9.18. The van der Waals surface area contributed by atoms with Gasteiger partial charge in [0.1, 0.15) is 5.82 Å². The summed E-state index contributed by atoms with van der Waals surface area (Å²) < 4.78 is 10.8. The van der Waals surface area contributed by atoms with Gasteiger partial charge in [0.2, 0.25) is 18.6 Å². The van der Waals surface area contributed by atoms with Crippen molar-refractivity contribution < 1.29 is 19.1 Å². The van der Waals surface area contributed by atoms with E-state index >= 15 is 0 Å². The number of benzene rings is 1. The normalized spacial score (nSPS) is 17.9. The van der Waals surface area contributed by atoms with E-state index in [1.165, 1.54) is 12.5 Å². The molecule has 2 aliphatic heterocycles. The summed E-state index contributed by atoms with van der Waals surface area (Å²) in [5.41, 5.74) is 1.97. The molecule has 1 atom stereocenters. The molecule has 0 saturated carbocycles. The first-order valence-corrected chi connectivity index (χ1v) is 9.18. The number of rotatable bonds is 4. The van der Waals surface area contributed by atoms with Gasteiger partial charge in [-0.25, -0.2) is 4.98 Å². The predicted molar refractivity (Wildman–Crippen MR) is 104 cm³/mol. The molecule has 0 aliphatic carbocycles. The number of hydrogen-bond donors (Lipinski definition) is 1. The Morgan fingerprint density at radius 3 is 2.86 bits per heavy atom. The lowest BCUT2D eigenvalue weighted by Crippen LogP contribution is -2.26. The summed E-state index contributed by atoms with van der Waals surface area (Å²) in [6, 6.07) is 9.50. The van der Waals surface area contributed by atoms with Crippen LogP contribution in [-0.4, -0.2) is 41.6 Å². The molecule has 7 heteroatoms. The maximum Gasteiger partial charge on any atom is 0.246 e. The molecule has 28 heavy (non-hydrogen) atoms. The largest absolute Gasteiger partial charge is 0.454 e. The molecule has 4 rings (SSSR count). The molecule has 2 aromatic rings. The molecule has 3 heterocycles. The van der Waals surface area contributed by atoms with E-state index in [9.17, 15) is 9.59 Å². The van der Waals surface area contributed by atoms with Gasteiger partial charge >= 0.3 is 0 Å². The SMILES string of the molecule is CC(=O)Nc1ccc(/C=C/C(=O)N2CCC(c3ccc4c(c3)OCO4)C2)cn1. The summed E-state index contributed by atoms with van der Waals surface area (Å²) in [7, 11) is 0. The Bertz CT molecular complexity index is 924. The molecule has 1 unspecified atom stereocenters. The average molecular weight is 379 g/mol. The van der Waals surface area contributed by atoms with Crippen molar-refractivity contribution in [3.8, 4) is 11.5 Å². The average Bonchev–Trinajstić information content (AvgIpc) is 3.35. The third-order valence-electron chi connectivity index (χ3n) is 4.88. The highest BCUT2D eigenvalue weighted by Crippen LogP contribution is 2.37. The van der Waals surface area contributed by atoms with Crippen molar-refractivity contribution in [2.24, 2.45) is 0 Å². The number of likely N-dealkylation sites (tertiary alicyclic amines) is 1. The number of hydrogen-bond acceptors (Lipinski definition) is 5. The molecule has 2 aliphatic rings. The van der Waals surface area contributed by atoms with Crippen LogP contribution in [0.15, 0.2) is 42.6 Å². The number of anilines is 1. The van der Waals surface area contributed by atoms with Gasteiger partial charge in [-0.1, -0.05) is 6.07 Å². The van der Waals surface area contributed by atoms with Gasteiger partial charge in [-0.15, -0.1) is 0 Å². The number of amides is 2. The summed E-state index contributed by atoms with van der Waals surface area (Å²) in [5, 5.41) is 2.61. The van der Waals surface area contributed by atoms with Crippen LogP contribution in [-0.2, 0) is 9.59 Å². The number of aromatic nitrogens is 1. The van der Waals surface area contributed by atoms with Gasteiger partial charge in [0.25, 0.3) is 0 Å². The van der Waals surface area contributed by atoms with Crippen molar-refractivity contribution in [1.82, 2.24) is 9.88 Å². The van der Waals surface area contributed by atoms with Gasteiger partial charge in [0.15, 0.2) is 11.5 Å². The van der Waals surface area contributed by atoms with Gasteiger partial charge < -0.3 is 19.7 Å². The van der Waals surface area contributed by atoms with Gasteiger partial charge in [0, 0.05) is 38.2 Å². The zero-order valence-electron chi connectivity index (χ0n) is 15.6. The Hall–Kier alpha value is -3.35. The zero-order chi connectivity index (χ0) is 19.5. The molecule has 1 fully saturated rings. The van der Waals surface area contributed by atoms with E-state index in [1.54, 1.807) is 30.5 Å². The fraction of sp³-hybridized carbons (Fsp3) is 0.286. The first kappa shape index (κ1) is 18.0. The number of ether oxygens (including phenoxy) is 2. The molecule has 0 spiro atoms. The first-order chi connectivity index (χ1) is 13.6. The Morgan fingerprint density at radius 1 is 1.21 bits per heavy atom. The minimum Gasteiger partial charge on any atom is -0.454 e. The fourth-order valence-electron chi connectivity index (χ4n) is 3.43. The van der Waals surface area contributed by atoms with Gasteiger partial charge in [-0.3, -0.25) is 9.59 Å². The van der Waals surface area contributed by atoms with Crippen LogP contribution in [0, 0.1) is 0 Å². The third-order valence-corrected chi connectivity index (χ3v) is 4.88. The highest BCUT2D eigenvalue weighted by atomic mass is 16.7. The van der Waals surface area contributed by atoms with Crippen LogP contribution >= 0.6 is 0 Å². The summed E-state index contributed by atoms with van der Waals surface area (Å²) in [5.74, 6) is 2.15. The summed E-state index contributed by atoms with van der Waals surface area (Å²) in [6.45, 7) is 3.10. The number of carbonyl (C=O) groups is 2. The molecular formula is C21H21N3O4. The van der Waals surface area contributed by atoms with E-state index in [4.69, 9.17) is 9.47 Å². The lowest BCUT2D eigenvalue weighted by atomic mass is 9.98. The summed E-state index contributed by atoms with van der Waals surface area (Å²) in [6.07, 6.45) is 5.85. The van der Waals surface area contributed by atoms with Crippen LogP contribution in [0.1, 0.15) is 30.4 Å². The number of nitrogens with one attached hydrogen (secondary N) is 1. The van der Waals surface area contributed by atoms with E-state index in [2.05, 4.69) is 10.3 Å². The van der Waals surface area contributed by atoms with Gasteiger partial charge in [-0.05, 0) is 47.9 Å². The lowest BCUT2D eigenvalue weighted by molar-refractivity contribution is -0.125. The quantitative estimate of drug-likeness (QED) is 0.827. The second kappa shape index (κ2) is 7.72. The highest BCUT2D eigenvalue weighted by Gasteiger charge is 2.27. The molecule has 1 saturated heterocycles. The second-order valence-corrected chi connectivity index (χ2v) is 6.87. The highest BCUT2D eigenvalue weighted by molar-refractivity contribution is 5.92. The predicted octanol–water partition coefficient (Wildman–Crippen LogP) is 2.80. The molecular weight excluding hydrogens is 358 g/mol. The van der Waals surface area contributed by atoms with Gasteiger partial charge in [-0.2, -0.15) is 0 Å². The molecule has 0 bridgehead atoms. The minimum atomic E-state index is -0.169. The second-order valence-electron chi connectivity index (χ2n) is 6.87.